The fraction of sp³-hybridized carbons (Fsp3) is 0.227. The van der Waals surface area contributed by atoms with Crippen LogP contribution in [0.1, 0.15) is 31.4 Å². The molecule has 0 unspecified atom stereocenters. The van der Waals surface area contributed by atoms with E-state index in [1.807, 2.05) is 6.08 Å². The van der Waals surface area contributed by atoms with E-state index in [0.29, 0.717) is 0 Å². The van der Waals surface area contributed by atoms with Crippen LogP contribution < -0.4 is 4.57 Å². The van der Waals surface area contributed by atoms with Gasteiger partial charge in [0.1, 0.15) is 11.9 Å². The molecule has 24 heavy (non-hydrogen) atoms. The summed E-state index contributed by atoms with van der Waals surface area (Å²) in [5.41, 5.74) is 6.16. The summed E-state index contributed by atoms with van der Waals surface area (Å²) in [5.74, 6) is 0. The van der Waals surface area contributed by atoms with Crippen LogP contribution in [0.2, 0.25) is 0 Å². The topological polar surface area (TPSA) is 8.81 Å². The Morgan fingerprint density at radius 3 is 2.29 bits per heavy atom. The first-order chi connectivity index (χ1) is 11.7. The van der Waals surface area contributed by atoms with E-state index >= 15 is 0 Å². The minimum atomic E-state index is 0.957. The summed E-state index contributed by atoms with van der Waals surface area (Å²) in [7, 11) is 0. The van der Waals surface area contributed by atoms with Gasteiger partial charge in [0.2, 0.25) is 6.33 Å². The molecule has 2 heteroatoms. The maximum absolute atomic E-state index is 3.83. The minimum Gasteiger partial charge on any atom is -0.236 e. The summed E-state index contributed by atoms with van der Waals surface area (Å²) in [4.78, 5) is 0. The molecule has 0 saturated heterocycles. The lowest BCUT2D eigenvalue weighted by molar-refractivity contribution is -0.692. The first-order valence-electron chi connectivity index (χ1n) is 8.68. The van der Waals surface area contributed by atoms with Gasteiger partial charge in [-0.3, -0.25) is 0 Å². The van der Waals surface area contributed by atoms with Crippen LogP contribution in [0.5, 0.6) is 0 Å². The second kappa shape index (κ2) is 7.31. The van der Waals surface area contributed by atoms with Crippen molar-refractivity contribution in [3.05, 3.63) is 78.8 Å². The summed E-state index contributed by atoms with van der Waals surface area (Å²) < 4.78 is 4.48. The van der Waals surface area contributed by atoms with Crippen molar-refractivity contribution in [2.24, 2.45) is 0 Å². The SMILES string of the molecule is C=Cc1ccc(-c2c[n+](CC)cn2-c2ccc(CCC)cc2)cc1. The van der Waals surface area contributed by atoms with E-state index in [1.165, 1.54) is 28.9 Å². The Kier molecular flexibility index (Phi) is 4.95. The average molecular weight is 317 g/mol. The zero-order valence-electron chi connectivity index (χ0n) is 14.6. The Balaban J connectivity index is 2.03. The standard InChI is InChI=1S/C22H25N2/c1-4-7-19-10-14-21(15-11-19)24-17-23(6-3)16-22(24)20-12-8-18(5-2)9-13-20/h5,8-17H,2,4,6-7H2,1,3H3/q+1. The normalized spacial score (nSPS) is 10.8. The molecular formula is C22H25N2+. The molecule has 0 atom stereocenters. The van der Waals surface area contributed by atoms with Crippen molar-refractivity contribution in [3.8, 4) is 16.9 Å². The highest BCUT2D eigenvalue weighted by atomic mass is 15.1. The monoisotopic (exact) mass is 317 g/mol. The second-order valence-corrected chi connectivity index (χ2v) is 6.07. The maximum Gasteiger partial charge on any atom is 0.249 e. The minimum absolute atomic E-state index is 0.957. The van der Waals surface area contributed by atoms with Gasteiger partial charge in [0.25, 0.3) is 0 Å². The predicted octanol–water partition coefficient (Wildman–Crippen LogP) is 5.05. The molecule has 3 aromatic rings. The lowest BCUT2D eigenvalue weighted by atomic mass is 10.1. The molecule has 122 valence electrons. The first kappa shape index (κ1) is 16.3. The maximum atomic E-state index is 3.83. The molecule has 1 aromatic heterocycles. The van der Waals surface area contributed by atoms with Crippen LogP contribution >= 0.6 is 0 Å². The molecule has 2 nitrogen and oxygen atoms in total. The predicted molar refractivity (Wildman–Crippen MR) is 101 cm³/mol. The molecule has 0 spiro atoms. The number of nitrogens with zero attached hydrogens (tertiary/aromatic N) is 2. The average Bonchev–Trinajstić information content (AvgIpc) is 3.07. The third-order valence-corrected chi connectivity index (χ3v) is 4.37. The van der Waals surface area contributed by atoms with Crippen LogP contribution in [-0.4, -0.2) is 4.57 Å². The Labute approximate surface area is 144 Å². The molecule has 0 fully saturated rings. The van der Waals surface area contributed by atoms with Gasteiger partial charge in [-0.1, -0.05) is 50.3 Å². The van der Waals surface area contributed by atoms with Gasteiger partial charge in [-0.25, -0.2) is 4.57 Å². The molecule has 0 bridgehead atoms. The van der Waals surface area contributed by atoms with Gasteiger partial charge >= 0.3 is 0 Å². The van der Waals surface area contributed by atoms with Gasteiger partial charge in [0.05, 0.1) is 6.54 Å². The van der Waals surface area contributed by atoms with E-state index < -0.39 is 0 Å². The second-order valence-electron chi connectivity index (χ2n) is 6.07. The fourth-order valence-electron chi connectivity index (χ4n) is 2.96. The molecule has 0 aliphatic rings. The molecule has 0 aliphatic heterocycles. The molecule has 0 radical (unpaired) electrons. The Morgan fingerprint density at radius 1 is 1.00 bits per heavy atom. The Bertz CT molecular complexity index is 808. The van der Waals surface area contributed by atoms with Crippen LogP contribution in [-0.2, 0) is 13.0 Å². The number of imidazole rings is 1. The highest BCUT2D eigenvalue weighted by Gasteiger charge is 2.16. The molecule has 0 N–H and O–H groups in total. The van der Waals surface area contributed by atoms with Gasteiger partial charge in [0, 0.05) is 5.56 Å². The molecule has 2 aromatic carbocycles. The first-order valence-corrected chi connectivity index (χ1v) is 8.68. The summed E-state index contributed by atoms with van der Waals surface area (Å²) >= 11 is 0. The van der Waals surface area contributed by atoms with Gasteiger partial charge in [-0.15, -0.1) is 0 Å². The molecule has 0 saturated carbocycles. The quantitative estimate of drug-likeness (QED) is 0.563. The zero-order valence-corrected chi connectivity index (χ0v) is 14.6. The molecular weight excluding hydrogens is 292 g/mol. The number of hydrogen-bond acceptors (Lipinski definition) is 0. The Morgan fingerprint density at radius 2 is 1.71 bits per heavy atom. The van der Waals surface area contributed by atoms with E-state index in [4.69, 9.17) is 0 Å². The van der Waals surface area contributed by atoms with Gasteiger partial charge in [-0.05, 0) is 48.7 Å². The number of aromatic nitrogens is 2. The summed E-state index contributed by atoms with van der Waals surface area (Å²) in [6.45, 7) is 9.17. The van der Waals surface area contributed by atoms with Crippen molar-refractivity contribution >= 4 is 6.08 Å². The third-order valence-electron chi connectivity index (χ3n) is 4.37. The van der Waals surface area contributed by atoms with Crippen LogP contribution in [0.3, 0.4) is 0 Å². The van der Waals surface area contributed by atoms with Gasteiger partial charge in [0.15, 0.2) is 5.69 Å². The zero-order chi connectivity index (χ0) is 16.9. The number of aryl methyl sites for hydroxylation is 2. The van der Waals surface area contributed by atoms with E-state index in [2.05, 4.69) is 90.6 Å². The number of hydrogen-bond donors (Lipinski definition) is 0. The van der Waals surface area contributed by atoms with Crippen LogP contribution in [0.4, 0.5) is 0 Å². The molecule has 0 aliphatic carbocycles. The third kappa shape index (κ3) is 3.33. The summed E-state index contributed by atoms with van der Waals surface area (Å²) in [6, 6.07) is 17.4. The highest BCUT2D eigenvalue weighted by molar-refractivity contribution is 5.63. The molecule has 1 heterocycles. The largest absolute Gasteiger partial charge is 0.249 e. The van der Waals surface area contributed by atoms with Crippen LogP contribution in [0.15, 0.2) is 67.6 Å². The van der Waals surface area contributed by atoms with E-state index in [9.17, 15) is 0 Å². The molecule has 0 amide bonds. The van der Waals surface area contributed by atoms with E-state index in [-0.39, 0.29) is 0 Å². The van der Waals surface area contributed by atoms with Crippen molar-refractivity contribution in [1.29, 1.82) is 0 Å². The number of benzene rings is 2. The molecule has 3 rings (SSSR count). The highest BCUT2D eigenvalue weighted by Crippen LogP contribution is 2.23. The lowest BCUT2D eigenvalue weighted by Gasteiger charge is -2.04. The van der Waals surface area contributed by atoms with Gasteiger partial charge in [-0.2, -0.15) is 4.57 Å². The fourth-order valence-corrected chi connectivity index (χ4v) is 2.96. The van der Waals surface area contributed by atoms with Crippen LogP contribution in [0, 0.1) is 0 Å². The van der Waals surface area contributed by atoms with Gasteiger partial charge < -0.3 is 0 Å². The van der Waals surface area contributed by atoms with Crippen molar-refractivity contribution in [2.45, 2.75) is 33.2 Å². The Hall–Kier alpha value is -2.61. The lowest BCUT2D eigenvalue weighted by Crippen LogP contribution is -2.28. The smallest absolute Gasteiger partial charge is 0.236 e. The summed E-state index contributed by atoms with van der Waals surface area (Å²) in [6.07, 6.45) is 8.58. The van der Waals surface area contributed by atoms with Crippen LogP contribution in [0.25, 0.3) is 23.0 Å². The number of rotatable bonds is 6. The van der Waals surface area contributed by atoms with Crippen molar-refractivity contribution in [1.82, 2.24) is 4.57 Å². The van der Waals surface area contributed by atoms with Crippen molar-refractivity contribution < 1.29 is 4.57 Å². The van der Waals surface area contributed by atoms with E-state index in [0.717, 1.165) is 18.5 Å². The summed E-state index contributed by atoms with van der Waals surface area (Å²) in [5, 5.41) is 0. The van der Waals surface area contributed by atoms with Crippen molar-refractivity contribution in [3.63, 3.8) is 0 Å². The van der Waals surface area contributed by atoms with Crippen molar-refractivity contribution in [2.75, 3.05) is 0 Å². The van der Waals surface area contributed by atoms with E-state index in [1.54, 1.807) is 0 Å².